The molecule has 3 rings (SSSR count). The Balaban J connectivity index is 1.78. The van der Waals surface area contributed by atoms with Gasteiger partial charge in [0.25, 0.3) is 0 Å². The highest BCUT2D eigenvalue weighted by atomic mass is 16.5. The van der Waals surface area contributed by atoms with Gasteiger partial charge in [-0.1, -0.05) is 12.1 Å². The Morgan fingerprint density at radius 1 is 1.04 bits per heavy atom. The number of aliphatic imine (C=N–C) groups is 1. The molecule has 3 aromatic rings. The molecule has 0 unspecified atom stereocenters. The summed E-state index contributed by atoms with van der Waals surface area (Å²) < 4.78 is 10.3. The summed E-state index contributed by atoms with van der Waals surface area (Å²) >= 11 is 0. The standard InChI is InChI=1S/C20H18N4O2/c1-25-16-7-3-14(4-8-16)11-19-18(12-21)20(24-23-19)22-13-15-5-9-17(26-2)10-6-15/h3-10,13H,11H2,1-2H3,(H,23,24). The molecule has 0 spiro atoms. The molecule has 0 bridgehead atoms. The highest BCUT2D eigenvalue weighted by molar-refractivity contribution is 5.82. The lowest BCUT2D eigenvalue weighted by Gasteiger charge is -2.02. The van der Waals surface area contributed by atoms with Crippen molar-refractivity contribution in [1.82, 2.24) is 10.2 Å². The van der Waals surface area contributed by atoms with Crippen LogP contribution in [0.3, 0.4) is 0 Å². The van der Waals surface area contributed by atoms with Gasteiger partial charge in [-0.15, -0.1) is 0 Å². The van der Waals surface area contributed by atoms with Crippen LogP contribution in [0.5, 0.6) is 11.5 Å². The monoisotopic (exact) mass is 346 g/mol. The van der Waals surface area contributed by atoms with Crippen molar-refractivity contribution < 1.29 is 9.47 Å². The second-order valence-corrected chi connectivity index (χ2v) is 5.57. The van der Waals surface area contributed by atoms with Crippen LogP contribution < -0.4 is 9.47 Å². The van der Waals surface area contributed by atoms with Crippen molar-refractivity contribution in [3.05, 3.63) is 70.9 Å². The van der Waals surface area contributed by atoms with Crippen molar-refractivity contribution in [2.24, 2.45) is 4.99 Å². The van der Waals surface area contributed by atoms with Crippen LogP contribution in [0.15, 0.2) is 53.5 Å². The van der Waals surface area contributed by atoms with E-state index in [1.165, 1.54) is 0 Å². The van der Waals surface area contributed by atoms with Crippen LogP contribution >= 0.6 is 0 Å². The normalized spacial score (nSPS) is 10.7. The average Bonchev–Trinajstić information content (AvgIpc) is 3.08. The zero-order valence-corrected chi connectivity index (χ0v) is 14.6. The average molecular weight is 346 g/mol. The van der Waals surface area contributed by atoms with Crippen LogP contribution in [-0.4, -0.2) is 30.6 Å². The van der Waals surface area contributed by atoms with Gasteiger partial charge in [0.05, 0.1) is 19.9 Å². The lowest BCUT2D eigenvalue weighted by Crippen LogP contribution is -1.92. The van der Waals surface area contributed by atoms with Gasteiger partial charge >= 0.3 is 0 Å². The molecule has 0 atom stereocenters. The third-order valence-corrected chi connectivity index (χ3v) is 3.93. The summed E-state index contributed by atoms with van der Waals surface area (Å²) in [5, 5.41) is 16.6. The van der Waals surface area contributed by atoms with Crippen LogP contribution in [0, 0.1) is 11.3 Å². The first-order valence-electron chi connectivity index (χ1n) is 8.02. The van der Waals surface area contributed by atoms with Crippen LogP contribution in [-0.2, 0) is 6.42 Å². The lowest BCUT2D eigenvalue weighted by molar-refractivity contribution is 0.414. The Morgan fingerprint density at radius 3 is 2.23 bits per heavy atom. The number of aromatic amines is 1. The number of benzene rings is 2. The summed E-state index contributed by atoms with van der Waals surface area (Å²) in [5.41, 5.74) is 3.14. The van der Waals surface area contributed by atoms with E-state index in [0.717, 1.165) is 28.3 Å². The molecule has 1 aromatic heterocycles. The Hall–Kier alpha value is -3.59. The highest BCUT2D eigenvalue weighted by Crippen LogP contribution is 2.22. The topological polar surface area (TPSA) is 83.3 Å². The maximum atomic E-state index is 9.49. The summed E-state index contributed by atoms with van der Waals surface area (Å²) in [7, 11) is 3.25. The van der Waals surface area contributed by atoms with Gasteiger partial charge in [0, 0.05) is 12.6 Å². The van der Waals surface area contributed by atoms with E-state index in [0.29, 0.717) is 17.8 Å². The molecular weight excluding hydrogens is 328 g/mol. The maximum Gasteiger partial charge on any atom is 0.191 e. The van der Waals surface area contributed by atoms with Crippen LogP contribution in [0.2, 0.25) is 0 Å². The second kappa shape index (κ2) is 7.99. The first kappa shape index (κ1) is 17.2. The van der Waals surface area contributed by atoms with Crippen molar-refractivity contribution in [1.29, 1.82) is 5.26 Å². The predicted molar refractivity (Wildman–Crippen MR) is 99.4 cm³/mol. The van der Waals surface area contributed by atoms with E-state index < -0.39 is 0 Å². The van der Waals surface area contributed by atoms with E-state index in [-0.39, 0.29) is 0 Å². The molecule has 0 aliphatic rings. The van der Waals surface area contributed by atoms with Crippen molar-refractivity contribution in [2.45, 2.75) is 6.42 Å². The van der Waals surface area contributed by atoms with E-state index in [4.69, 9.17) is 9.47 Å². The number of hydrogen-bond acceptors (Lipinski definition) is 5. The molecule has 0 aliphatic heterocycles. The number of methoxy groups -OCH3 is 2. The molecule has 6 heteroatoms. The van der Waals surface area contributed by atoms with Crippen molar-refractivity contribution >= 4 is 12.0 Å². The number of nitriles is 1. The van der Waals surface area contributed by atoms with Crippen LogP contribution in [0.25, 0.3) is 0 Å². The zero-order valence-electron chi connectivity index (χ0n) is 14.6. The molecule has 0 fully saturated rings. The SMILES string of the molecule is COc1ccc(C=Nc2n[nH]c(Cc3ccc(OC)cc3)c2C#N)cc1. The fourth-order valence-electron chi connectivity index (χ4n) is 2.48. The third kappa shape index (κ3) is 3.90. The summed E-state index contributed by atoms with van der Waals surface area (Å²) in [5.74, 6) is 1.96. The van der Waals surface area contributed by atoms with Crippen LogP contribution in [0.1, 0.15) is 22.4 Å². The largest absolute Gasteiger partial charge is 0.497 e. The molecule has 0 aliphatic carbocycles. The number of nitrogens with one attached hydrogen (secondary N) is 1. The van der Waals surface area contributed by atoms with E-state index in [1.54, 1.807) is 20.4 Å². The summed E-state index contributed by atoms with van der Waals surface area (Å²) in [6, 6.07) is 17.4. The molecule has 1 N–H and O–H groups in total. The number of rotatable bonds is 6. The molecule has 26 heavy (non-hydrogen) atoms. The smallest absolute Gasteiger partial charge is 0.191 e. The Morgan fingerprint density at radius 2 is 1.65 bits per heavy atom. The quantitative estimate of drug-likeness (QED) is 0.691. The van der Waals surface area contributed by atoms with E-state index in [2.05, 4.69) is 21.3 Å². The first-order chi connectivity index (χ1) is 12.7. The van der Waals surface area contributed by atoms with E-state index in [1.807, 2.05) is 48.5 Å². The zero-order chi connectivity index (χ0) is 18.4. The van der Waals surface area contributed by atoms with Gasteiger partial charge in [0.15, 0.2) is 5.82 Å². The summed E-state index contributed by atoms with van der Waals surface area (Å²) in [6.07, 6.45) is 2.24. The van der Waals surface area contributed by atoms with Gasteiger partial charge in [-0.05, 0) is 47.5 Å². The number of hydrogen-bond donors (Lipinski definition) is 1. The van der Waals surface area contributed by atoms with Gasteiger partial charge in [-0.2, -0.15) is 10.4 Å². The fraction of sp³-hybridized carbons (Fsp3) is 0.150. The van der Waals surface area contributed by atoms with E-state index in [9.17, 15) is 5.26 Å². The molecule has 6 nitrogen and oxygen atoms in total. The summed E-state index contributed by atoms with van der Waals surface area (Å²) in [6.45, 7) is 0. The summed E-state index contributed by atoms with van der Waals surface area (Å²) in [4.78, 5) is 4.34. The Labute approximate surface area is 151 Å². The number of H-pyrrole nitrogens is 1. The van der Waals surface area contributed by atoms with Crippen LogP contribution in [0.4, 0.5) is 5.82 Å². The minimum absolute atomic E-state index is 0.381. The van der Waals surface area contributed by atoms with Gasteiger partial charge < -0.3 is 9.47 Å². The van der Waals surface area contributed by atoms with E-state index >= 15 is 0 Å². The number of nitrogens with zero attached hydrogens (tertiary/aromatic N) is 3. The first-order valence-corrected chi connectivity index (χ1v) is 8.02. The number of ether oxygens (including phenoxy) is 2. The molecule has 0 saturated heterocycles. The maximum absolute atomic E-state index is 9.49. The fourth-order valence-corrected chi connectivity index (χ4v) is 2.48. The van der Waals surface area contributed by atoms with Gasteiger partial charge in [0.1, 0.15) is 23.1 Å². The third-order valence-electron chi connectivity index (χ3n) is 3.93. The highest BCUT2D eigenvalue weighted by Gasteiger charge is 2.12. The number of aromatic nitrogens is 2. The van der Waals surface area contributed by atoms with Gasteiger partial charge in [0.2, 0.25) is 0 Å². The Bertz CT molecular complexity index is 935. The molecular formula is C20H18N4O2. The minimum atomic E-state index is 0.381. The molecule has 0 amide bonds. The molecule has 130 valence electrons. The Kier molecular flexibility index (Phi) is 5.30. The predicted octanol–water partition coefficient (Wildman–Crippen LogP) is 3.64. The molecule has 0 radical (unpaired) electrons. The molecule has 1 heterocycles. The van der Waals surface area contributed by atoms with Gasteiger partial charge in [-0.25, -0.2) is 4.99 Å². The van der Waals surface area contributed by atoms with Crippen molar-refractivity contribution in [3.8, 4) is 17.6 Å². The van der Waals surface area contributed by atoms with Crippen molar-refractivity contribution in [3.63, 3.8) is 0 Å². The second-order valence-electron chi connectivity index (χ2n) is 5.57. The molecule has 2 aromatic carbocycles. The lowest BCUT2D eigenvalue weighted by atomic mass is 10.1. The van der Waals surface area contributed by atoms with Gasteiger partial charge in [-0.3, -0.25) is 5.10 Å². The minimum Gasteiger partial charge on any atom is -0.497 e. The van der Waals surface area contributed by atoms with Crippen molar-refractivity contribution in [2.75, 3.05) is 14.2 Å². The molecule has 0 saturated carbocycles.